The predicted molar refractivity (Wildman–Crippen MR) is 62.7 cm³/mol. The molecule has 1 atom stereocenters. The zero-order chi connectivity index (χ0) is 11.5. The molecule has 1 fully saturated rings. The predicted octanol–water partition coefficient (Wildman–Crippen LogP) is 0.862. The van der Waals surface area contributed by atoms with Crippen LogP contribution in [0.15, 0.2) is 18.3 Å². The van der Waals surface area contributed by atoms with Crippen molar-refractivity contribution >= 4 is 5.91 Å². The Morgan fingerprint density at radius 1 is 1.69 bits per heavy atom. The number of nitrogens with two attached hydrogens (primary N) is 1. The first kappa shape index (κ1) is 11.2. The van der Waals surface area contributed by atoms with E-state index in [1.165, 1.54) is 18.5 Å². The molecular weight excluding hydrogens is 202 g/mol. The van der Waals surface area contributed by atoms with E-state index in [0.29, 0.717) is 12.6 Å². The number of rotatable bonds is 6. The van der Waals surface area contributed by atoms with Gasteiger partial charge in [0.25, 0.3) is 0 Å². The van der Waals surface area contributed by atoms with Crippen molar-refractivity contribution in [3.8, 4) is 0 Å². The zero-order valence-corrected chi connectivity index (χ0v) is 9.65. The zero-order valence-electron chi connectivity index (χ0n) is 9.65. The molecule has 0 aliphatic heterocycles. The first-order chi connectivity index (χ1) is 7.66. The van der Waals surface area contributed by atoms with E-state index >= 15 is 0 Å². The van der Waals surface area contributed by atoms with E-state index in [-0.39, 0.29) is 11.8 Å². The molecule has 16 heavy (non-hydrogen) atoms. The van der Waals surface area contributed by atoms with Crippen LogP contribution >= 0.6 is 0 Å². The Morgan fingerprint density at radius 3 is 3.06 bits per heavy atom. The van der Waals surface area contributed by atoms with Gasteiger partial charge in [-0.25, -0.2) is 0 Å². The maximum atomic E-state index is 11.0. The molecule has 2 rings (SSSR count). The molecule has 3 N–H and O–H groups in total. The van der Waals surface area contributed by atoms with Crippen molar-refractivity contribution in [2.45, 2.75) is 38.9 Å². The molecule has 1 aliphatic rings. The molecule has 1 aromatic heterocycles. The van der Waals surface area contributed by atoms with E-state index in [2.05, 4.69) is 16.0 Å². The van der Waals surface area contributed by atoms with Crippen molar-refractivity contribution in [3.05, 3.63) is 24.0 Å². The van der Waals surface area contributed by atoms with Crippen molar-refractivity contribution in [1.29, 1.82) is 0 Å². The number of primary amides is 1. The quantitative estimate of drug-likeness (QED) is 0.748. The van der Waals surface area contributed by atoms with Crippen molar-refractivity contribution in [2.24, 2.45) is 11.7 Å². The van der Waals surface area contributed by atoms with Gasteiger partial charge in [0.15, 0.2) is 0 Å². The van der Waals surface area contributed by atoms with Crippen LogP contribution in [0.1, 0.15) is 25.5 Å². The second-order valence-electron chi connectivity index (χ2n) is 4.61. The standard InChI is InChI=1S/C12H19N3O/c1-9(12(13)16)8-15-6-2-3-11(15)7-14-10-4-5-10/h2-3,6,9-10,14H,4-5,7-8H2,1H3,(H2,13,16). The van der Waals surface area contributed by atoms with E-state index < -0.39 is 0 Å². The molecular formula is C12H19N3O. The molecule has 4 heteroatoms. The van der Waals surface area contributed by atoms with E-state index in [9.17, 15) is 4.79 Å². The second-order valence-corrected chi connectivity index (χ2v) is 4.61. The van der Waals surface area contributed by atoms with Gasteiger partial charge in [-0.2, -0.15) is 0 Å². The molecule has 1 amide bonds. The van der Waals surface area contributed by atoms with Crippen LogP contribution in [0.4, 0.5) is 0 Å². The maximum absolute atomic E-state index is 11.0. The van der Waals surface area contributed by atoms with Crippen LogP contribution in [0, 0.1) is 5.92 Å². The van der Waals surface area contributed by atoms with E-state index in [1.807, 2.05) is 19.2 Å². The number of nitrogens with zero attached hydrogens (tertiary/aromatic N) is 1. The SMILES string of the molecule is CC(Cn1cccc1CNC1CC1)C(N)=O. The summed E-state index contributed by atoms with van der Waals surface area (Å²) < 4.78 is 2.10. The van der Waals surface area contributed by atoms with Crippen LogP contribution in [0.2, 0.25) is 0 Å². The fraction of sp³-hybridized carbons (Fsp3) is 0.583. The van der Waals surface area contributed by atoms with Crippen molar-refractivity contribution in [2.75, 3.05) is 0 Å². The van der Waals surface area contributed by atoms with Crippen LogP contribution in [-0.4, -0.2) is 16.5 Å². The number of carbonyl (C=O) groups excluding carboxylic acids is 1. The van der Waals surface area contributed by atoms with E-state index in [1.54, 1.807) is 0 Å². The van der Waals surface area contributed by atoms with Crippen LogP contribution in [0.3, 0.4) is 0 Å². The summed E-state index contributed by atoms with van der Waals surface area (Å²) in [6.45, 7) is 3.41. The van der Waals surface area contributed by atoms with Gasteiger partial charge in [0.2, 0.25) is 5.91 Å². The minimum Gasteiger partial charge on any atom is -0.369 e. The van der Waals surface area contributed by atoms with Crippen molar-refractivity contribution < 1.29 is 4.79 Å². The van der Waals surface area contributed by atoms with Crippen molar-refractivity contribution in [1.82, 2.24) is 9.88 Å². The topological polar surface area (TPSA) is 60.1 Å². The molecule has 0 saturated heterocycles. The Morgan fingerprint density at radius 2 is 2.44 bits per heavy atom. The van der Waals surface area contributed by atoms with Gasteiger partial charge in [-0.3, -0.25) is 4.79 Å². The molecule has 88 valence electrons. The summed E-state index contributed by atoms with van der Waals surface area (Å²) in [5.74, 6) is -0.359. The lowest BCUT2D eigenvalue weighted by atomic mass is 10.1. The molecule has 1 aromatic rings. The molecule has 0 aromatic carbocycles. The lowest BCUT2D eigenvalue weighted by Gasteiger charge is -2.13. The summed E-state index contributed by atoms with van der Waals surface area (Å²) >= 11 is 0. The van der Waals surface area contributed by atoms with E-state index in [4.69, 9.17) is 5.73 Å². The van der Waals surface area contributed by atoms with Gasteiger partial charge >= 0.3 is 0 Å². The molecule has 1 aliphatic carbocycles. The Balaban J connectivity index is 1.91. The summed E-state index contributed by atoms with van der Waals surface area (Å²) in [5, 5.41) is 3.46. The van der Waals surface area contributed by atoms with Gasteiger partial charge in [-0.15, -0.1) is 0 Å². The highest BCUT2D eigenvalue weighted by molar-refractivity contribution is 5.76. The summed E-state index contributed by atoms with van der Waals surface area (Å²) in [6.07, 6.45) is 4.58. The molecule has 0 spiro atoms. The highest BCUT2D eigenvalue weighted by Gasteiger charge is 2.20. The van der Waals surface area contributed by atoms with Crippen LogP contribution in [0.25, 0.3) is 0 Å². The Kier molecular flexibility index (Phi) is 3.29. The Labute approximate surface area is 95.8 Å². The Hall–Kier alpha value is -1.29. The fourth-order valence-corrected chi connectivity index (χ4v) is 1.71. The van der Waals surface area contributed by atoms with Crippen LogP contribution in [0.5, 0.6) is 0 Å². The average molecular weight is 221 g/mol. The largest absolute Gasteiger partial charge is 0.369 e. The minimum atomic E-state index is -0.241. The monoisotopic (exact) mass is 221 g/mol. The number of hydrogen-bond donors (Lipinski definition) is 2. The summed E-state index contributed by atoms with van der Waals surface area (Å²) in [4.78, 5) is 11.0. The van der Waals surface area contributed by atoms with Crippen LogP contribution < -0.4 is 11.1 Å². The molecule has 1 heterocycles. The van der Waals surface area contributed by atoms with Crippen LogP contribution in [-0.2, 0) is 17.9 Å². The number of aromatic nitrogens is 1. The van der Waals surface area contributed by atoms with Gasteiger partial charge in [0.1, 0.15) is 0 Å². The van der Waals surface area contributed by atoms with Gasteiger partial charge in [-0.1, -0.05) is 6.92 Å². The third-order valence-electron chi connectivity index (χ3n) is 3.03. The van der Waals surface area contributed by atoms with Gasteiger partial charge in [0.05, 0.1) is 5.92 Å². The minimum absolute atomic E-state index is 0.118. The first-order valence-electron chi connectivity index (χ1n) is 5.83. The van der Waals surface area contributed by atoms with Crippen molar-refractivity contribution in [3.63, 3.8) is 0 Å². The number of nitrogens with one attached hydrogen (secondary N) is 1. The Bertz CT molecular complexity index is 368. The third-order valence-corrected chi connectivity index (χ3v) is 3.03. The maximum Gasteiger partial charge on any atom is 0.222 e. The summed E-state index contributed by atoms with van der Waals surface area (Å²) in [5.41, 5.74) is 6.49. The van der Waals surface area contributed by atoms with Gasteiger partial charge < -0.3 is 15.6 Å². The first-order valence-corrected chi connectivity index (χ1v) is 5.83. The normalized spacial score (nSPS) is 17.3. The third kappa shape index (κ3) is 2.85. The molecule has 1 unspecified atom stereocenters. The molecule has 0 radical (unpaired) electrons. The number of hydrogen-bond acceptors (Lipinski definition) is 2. The average Bonchev–Trinajstić information content (AvgIpc) is 2.97. The molecule has 1 saturated carbocycles. The lowest BCUT2D eigenvalue weighted by molar-refractivity contribution is -0.121. The van der Waals surface area contributed by atoms with Gasteiger partial charge in [0, 0.05) is 31.0 Å². The molecule has 4 nitrogen and oxygen atoms in total. The fourth-order valence-electron chi connectivity index (χ4n) is 1.71. The van der Waals surface area contributed by atoms with Gasteiger partial charge in [-0.05, 0) is 25.0 Å². The second kappa shape index (κ2) is 4.70. The number of amides is 1. The molecule has 0 bridgehead atoms. The summed E-state index contributed by atoms with van der Waals surface area (Å²) in [7, 11) is 0. The smallest absolute Gasteiger partial charge is 0.222 e. The highest BCUT2D eigenvalue weighted by atomic mass is 16.1. The summed E-state index contributed by atoms with van der Waals surface area (Å²) in [6, 6.07) is 4.80. The van der Waals surface area contributed by atoms with E-state index in [0.717, 1.165) is 6.54 Å². The highest BCUT2D eigenvalue weighted by Crippen LogP contribution is 2.19. The lowest BCUT2D eigenvalue weighted by Crippen LogP contribution is -2.26. The number of carbonyl (C=O) groups is 1.